The SMILES string of the molecule is Cc1cc(C)c(-c2ccc3c(c2)C(c2sc(N(Cc4ccccc4)Cc4ccccc4)nc2N)=NC3=N)cc1C.Cl. The Morgan fingerprint density at radius 2 is 1.34 bits per heavy atom. The molecule has 0 fully saturated rings. The molecule has 41 heavy (non-hydrogen) atoms. The van der Waals surface area contributed by atoms with Crippen LogP contribution in [0.3, 0.4) is 0 Å². The summed E-state index contributed by atoms with van der Waals surface area (Å²) in [4.78, 5) is 12.6. The molecule has 5 aromatic rings. The van der Waals surface area contributed by atoms with Crippen LogP contribution in [0.2, 0.25) is 0 Å². The Bertz CT molecular complexity index is 1720. The molecule has 0 atom stereocenters. The zero-order valence-corrected chi connectivity index (χ0v) is 24.9. The molecule has 2 heterocycles. The molecule has 0 radical (unpaired) electrons. The molecule has 0 spiro atoms. The van der Waals surface area contributed by atoms with Gasteiger partial charge in [0.2, 0.25) is 0 Å². The topological polar surface area (TPSA) is 78.4 Å². The lowest BCUT2D eigenvalue weighted by atomic mass is 9.92. The second kappa shape index (κ2) is 11.7. The highest BCUT2D eigenvalue weighted by atomic mass is 35.5. The standard InChI is InChI=1S/C34H31N5S.ClH/c1-21-16-23(3)28(17-22(21)2)26-14-15-27-29(18-26)30(37-32(27)35)31-33(36)38-34(40-31)39(19-24-10-6-4-7-11-24)20-25-12-8-5-9-13-25;/h4-18,35H,19-20,36H2,1-3H3;1H. The predicted molar refractivity (Wildman–Crippen MR) is 175 cm³/mol. The maximum Gasteiger partial charge on any atom is 0.188 e. The third kappa shape index (κ3) is 5.67. The van der Waals surface area contributed by atoms with Crippen LogP contribution in [0.15, 0.2) is 96.0 Å². The third-order valence-electron chi connectivity index (χ3n) is 7.47. The fraction of sp³-hybridized carbons (Fsp3) is 0.147. The number of aromatic nitrogens is 1. The summed E-state index contributed by atoms with van der Waals surface area (Å²) in [5.74, 6) is 0.700. The molecule has 1 aliphatic rings. The van der Waals surface area contributed by atoms with E-state index in [1.54, 1.807) is 11.3 Å². The molecular formula is C34H32ClN5S. The highest BCUT2D eigenvalue weighted by Crippen LogP contribution is 2.37. The van der Waals surface area contributed by atoms with Gasteiger partial charge in [0.25, 0.3) is 0 Å². The number of thiazole rings is 1. The van der Waals surface area contributed by atoms with Gasteiger partial charge in [0, 0.05) is 24.2 Å². The van der Waals surface area contributed by atoms with Gasteiger partial charge in [-0.15, -0.1) is 12.4 Å². The molecule has 0 unspecified atom stereocenters. The van der Waals surface area contributed by atoms with Gasteiger partial charge in [-0.2, -0.15) is 0 Å². The highest BCUT2D eigenvalue weighted by molar-refractivity contribution is 7.18. The van der Waals surface area contributed by atoms with E-state index in [1.807, 2.05) is 18.2 Å². The van der Waals surface area contributed by atoms with Crippen molar-refractivity contribution in [2.45, 2.75) is 33.9 Å². The van der Waals surface area contributed by atoms with Crippen molar-refractivity contribution in [3.63, 3.8) is 0 Å². The first-order valence-electron chi connectivity index (χ1n) is 13.4. The first-order valence-corrected chi connectivity index (χ1v) is 14.2. The van der Waals surface area contributed by atoms with Crippen LogP contribution in [0.1, 0.15) is 43.8 Å². The van der Waals surface area contributed by atoms with Crippen molar-refractivity contribution in [1.29, 1.82) is 5.41 Å². The van der Waals surface area contributed by atoms with Crippen LogP contribution >= 0.6 is 23.7 Å². The zero-order valence-electron chi connectivity index (χ0n) is 23.3. The van der Waals surface area contributed by atoms with Gasteiger partial charge in [-0.25, -0.2) is 9.98 Å². The van der Waals surface area contributed by atoms with Gasteiger partial charge in [0.15, 0.2) is 11.0 Å². The largest absolute Gasteiger partial charge is 0.382 e. The Morgan fingerprint density at radius 3 is 1.98 bits per heavy atom. The number of rotatable bonds is 7. The maximum absolute atomic E-state index is 8.59. The zero-order chi connectivity index (χ0) is 27.8. The van der Waals surface area contributed by atoms with Crippen molar-refractivity contribution in [2.24, 2.45) is 4.99 Å². The molecule has 0 saturated heterocycles. The summed E-state index contributed by atoms with van der Waals surface area (Å²) in [5, 5.41) is 9.43. The normalized spacial score (nSPS) is 12.1. The quantitative estimate of drug-likeness (QED) is 0.205. The molecule has 206 valence electrons. The number of nitrogen functional groups attached to an aromatic ring is 1. The number of benzene rings is 4. The smallest absolute Gasteiger partial charge is 0.188 e. The maximum atomic E-state index is 8.59. The van der Waals surface area contributed by atoms with Gasteiger partial charge in [-0.05, 0) is 71.8 Å². The van der Waals surface area contributed by atoms with Gasteiger partial charge in [-0.1, -0.05) is 90.2 Å². The average Bonchev–Trinajstić information content (AvgIpc) is 3.50. The Balaban J connectivity index is 0.00000337. The average molecular weight is 578 g/mol. The summed E-state index contributed by atoms with van der Waals surface area (Å²) in [6, 6.07) is 31.5. The van der Waals surface area contributed by atoms with E-state index in [9.17, 15) is 0 Å². The van der Waals surface area contributed by atoms with Crippen LogP contribution in [-0.4, -0.2) is 16.5 Å². The van der Waals surface area contributed by atoms with Crippen molar-refractivity contribution in [3.8, 4) is 11.1 Å². The Labute approximate surface area is 251 Å². The number of nitrogens with zero attached hydrogens (tertiary/aromatic N) is 3. The first-order chi connectivity index (χ1) is 19.4. The number of amidine groups is 1. The summed E-state index contributed by atoms with van der Waals surface area (Å²) < 4.78 is 0. The molecule has 6 rings (SSSR count). The number of fused-ring (bicyclic) bond motifs is 1. The van der Waals surface area contributed by atoms with Crippen LogP contribution in [-0.2, 0) is 13.1 Å². The van der Waals surface area contributed by atoms with Crippen LogP contribution in [0.25, 0.3) is 11.1 Å². The number of aliphatic imine (C=N–C) groups is 1. The number of nitrogens with two attached hydrogens (primary N) is 1. The minimum atomic E-state index is 0. The number of hydrogen-bond acceptors (Lipinski definition) is 5. The number of nitrogens with one attached hydrogen (secondary N) is 1. The third-order valence-corrected chi connectivity index (χ3v) is 8.60. The van der Waals surface area contributed by atoms with E-state index in [0.717, 1.165) is 32.4 Å². The van der Waals surface area contributed by atoms with Crippen LogP contribution in [0.4, 0.5) is 10.9 Å². The Morgan fingerprint density at radius 1 is 0.732 bits per heavy atom. The van der Waals surface area contributed by atoms with E-state index >= 15 is 0 Å². The highest BCUT2D eigenvalue weighted by Gasteiger charge is 2.27. The van der Waals surface area contributed by atoms with Gasteiger partial charge in [0.05, 0.1) is 10.6 Å². The number of halogens is 1. The molecule has 7 heteroatoms. The molecule has 0 aliphatic carbocycles. The van der Waals surface area contributed by atoms with Crippen LogP contribution in [0, 0.1) is 26.2 Å². The van der Waals surface area contributed by atoms with Gasteiger partial charge in [-0.3, -0.25) is 5.41 Å². The molecule has 1 aliphatic heterocycles. The van der Waals surface area contributed by atoms with Crippen molar-refractivity contribution in [3.05, 3.63) is 135 Å². The van der Waals surface area contributed by atoms with E-state index in [4.69, 9.17) is 16.1 Å². The van der Waals surface area contributed by atoms with E-state index in [1.165, 1.54) is 33.4 Å². The minimum Gasteiger partial charge on any atom is -0.382 e. The molecule has 0 saturated carbocycles. The van der Waals surface area contributed by atoms with Gasteiger partial charge < -0.3 is 10.6 Å². The first kappa shape index (κ1) is 28.3. The van der Waals surface area contributed by atoms with E-state index < -0.39 is 0 Å². The van der Waals surface area contributed by atoms with Gasteiger partial charge >= 0.3 is 0 Å². The second-order valence-corrected chi connectivity index (χ2v) is 11.3. The summed E-state index contributed by atoms with van der Waals surface area (Å²) in [6.45, 7) is 7.84. The fourth-order valence-corrected chi connectivity index (χ4v) is 6.20. The molecule has 0 amide bonds. The van der Waals surface area contributed by atoms with Gasteiger partial charge in [0.1, 0.15) is 5.82 Å². The van der Waals surface area contributed by atoms with Crippen LogP contribution in [0.5, 0.6) is 0 Å². The second-order valence-electron chi connectivity index (χ2n) is 10.4. The fourth-order valence-electron chi connectivity index (χ4n) is 5.21. The predicted octanol–water partition coefficient (Wildman–Crippen LogP) is 8.12. The number of aryl methyl sites for hydroxylation is 3. The van der Waals surface area contributed by atoms with Crippen LogP contribution < -0.4 is 10.6 Å². The Kier molecular flexibility index (Phi) is 8.06. The van der Waals surface area contributed by atoms with Crippen molar-refractivity contribution in [1.82, 2.24) is 4.98 Å². The number of hydrogen-bond donors (Lipinski definition) is 2. The van der Waals surface area contributed by atoms with E-state index in [-0.39, 0.29) is 18.2 Å². The molecule has 3 N–H and O–H groups in total. The molecule has 5 nitrogen and oxygen atoms in total. The summed E-state index contributed by atoms with van der Waals surface area (Å²) >= 11 is 1.54. The monoisotopic (exact) mass is 577 g/mol. The lowest BCUT2D eigenvalue weighted by molar-refractivity contribution is 0.796. The van der Waals surface area contributed by atoms with E-state index in [2.05, 4.69) is 103 Å². The number of anilines is 2. The summed E-state index contributed by atoms with van der Waals surface area (Å²) in [5.41, 5.74) is 17.5. The van der Waals surface area contributed by atoms with E-state index in [0.29, 0.717) is 18.9 Å². The van der Waals surface area contributed by atoms with Crippen molar-refractivity contribution >= 4 is 46.2 Å². The molecule has 4 aromatic carbocycles. The molecule has 0 bridgehead atoms. The van der Waals surface area contributed by atoms with Crippen molar-refractivity contribution < 1.29 is 0 Å². The lowest BCUT2D eigenvalue weighted by Gasteiger charge is -2.22. The molecular weight excluding hydrogens is 546 g/mol. The minimum absolute atomic E-state index is 0. The summed E-state index contributed by atoms with van der Waals surface area (Å²) in [7, 11) is 0. The Hall–Kier alpha value is -4.26. The molecule has 1 aromatic heterocycles. The van der Waals surface area contributed by atoms with Crippen molar-refractivity contribution in [2.75, 3.05) is 10.6 Å². The lowest BCUT2D eigenvalue weighted by Crippen LogP contribution is -2.22. The summed E-state index contributed by atoms with van der Waals surface area (Å²) in [6.07, 6.45) is 0.